The van der Waals surface area contributed by atoms with Crippen molar-refractivity contribution in [3.63, 3.8) is 0 Å². The van der Waals surface area contributed by atoms with Gasteiger partial charge in [0, 0.05) is 5.56 Å². The van der Waals surface area contributed by atoms with Crippen molar-refractivity contribution in [2.24, 2.45) is 5.73 Å². The monoisotopic (exact) mass is 324 g/mol. The quantitative estimate of drug-likeness (QED) is 0.842. The van der Waals surface area contributed by atoms with Crippen LogP contribution in [-0.2, 0) is 0 Å². The molecule has 0 unspecified atom stereocenters. The molecule has 0 aliphatic rings. The maximum absolute atomic E-state index is 12.2. The van der Waals surface area contributed by atoms with Gasteiger partial charge in [-0.2, -0.15) is 0 Å². The van der Waals surface area contributed by atoms with Gasteiger partial charge in [0.25, 0.3) is 5.91 Å². The summed E-state index contributed by atoms with van der Waals surface area (Å²) in [5.41, 5.74) is 7.03. The lowest BCUT2D eigenvalue weighted by molar-refractivity contribution is 0.102. The van der Waals surface area contributed by atoms with Crippen LogP contribution in [0.15, 0.2) is 42.5 Å². The van der Waals surface area contributed by atoms with E-state index in [2.05, 4.69) is 5.32 Å². The molecule has 0 aromatic heterocycles. The summed E-state index contributed by atoms with van der Waals surface area (Å²) < 4.78 is 0. The highest BCUT2D eigenvalue weighted by molar-refractivity contribution is 7.80. The molecule has 0 aliphatic heterocycles. The van der Waals surface area contributed by atoms with Crippen molar-refractivity contribution in [1.82, 2.24) is 0 Å². The van der Waals surface area contributed by atoms with Gasteiger partial charge in [-0.15, -0.1) is 0 Å². The van der Waals surface area contributed by atoms with Crippen LogP contribution in [0.1, 0.15) is 15.9 Å². The number of thiocarbonyl (C=S) groups is 1. The molecule has 2 rings (SSSR count). The topological polar surface area (TPSA) is 55.1 Å². The predicted octanol–water partition coefficient (Wildman–Crippen LogP) is 3.88. The van der Waals surface area contributed by atoms with Crippen LogP contribution in [-0.4, -0.2) is 10.9 Å². The number of benzene rings is 2. The molecule has 2 aromatic rings. The first-order valence-corrected chi connectivity index (χ1v) is 6.81. The fraction of sp³-hybridized carbons (Fsp3) is 0. The van der Waals surface area contributed by atoms with Crippen molar-refractivity contribution in [2.45, 2.75) is 0 Å². The van der Waals surface area contributed by atoms with E-state index in [0.29, 0.717) is 16.3 Å². The Morgan fingerprint density at radius 1 is 1.05 bits per heavy atom. The lowest BCUT2D eigenvalue weighted by atomic mass is 10.1. The normalized spacial score (nSPS) is 10.1. The first-order chi connectivity index (χ1) is 9.50. The van der Waals surface area contributed by atoms with E-state index in [1.165, 1.54) is 0 Å². The van der Waals surface area contributed by atoms with Gasteiger partial charge in [0.2, 0.25) is 0 Å². The number of para-hydroxylation sites is 1. The Balaban J connectivity index is 2.33. The number of amides is 1. The van der Waals surface area contributed by atoms with E-state index in [9.17, 15) is 4.79 Å². The molecule has 0 radical (unpaired) electrons. The molecule has 102 valence electrons. The van der Waals surface area contributed by atoms with E-state index in [1.807, 2.05) is 0 Å². The molecule has 0 saturated carbocycles. The zero-order chi connectivity index (χ0) is 14.7. The van der Waals surface area contributed by atoms with Crippen molar-refractivity contribution in [3.8, 4) is 0 Å². The van der Waals surface area contributed by atoms with E-state index in [4.69, 9.17) is 41.2 Å². The predicted molar refractivity (Wildman–Crippen MR) is 86.7 cm³/mol. The molecule has 3 nitrogen and oxygen atoms in total. The van der Waals surface area contributed by atoms with Crippen molar-refractivity contribution in [1.29, 1.82) is 0 Å². The third-order valence-electron chi connectivity index (χ3n) is 2.64. The van der Waals surface area contributed by atoms with Crippen LogP contribution < -0.4 is 11.1 Å². The van der Waals surface area contributed by atoms with Gasteiger partial charge in [0.15, 0.2) is 0 Å². The zero-order valence-electron chi connectivity index (χ0n) is 10.2. The Morgan fingerprint density at radius 2 is 1.70 bits per heavy atom. The highest BCUT2D eigenvalue weighted by atomic mass is 35.5. The van der Waals surface area contributed by atoms with Crippen molar-refractivity contribution >= 4 is 52.0 Å². The van der Waals surface area contributed by atoms with Crippen LogP contribution in [0.25, 0.3) is 0 Å². The molecule has 0 fully saturated rings. The van der Waals surface area contributed by atoms with E-state index in [0.717, 1.165) is 0 Å². The summed E-state index contributed by atoms with van der Waals surface area (Å²) in [4.78, 5) is 12.4. The van der Waals surface area contributed by atoms with Crippen LogP contribution in [0.4, 0.5) is 5.69 Å². The number of halogens is 2. The maximum Gasteiger partial charge on any atom is 0.257 e. The van der Waals surface area contributed by atoms with Gasteiger partial charge in [0.1, 0.15) is 4.99 Å². The van der Waals surface area contributed by atoms with Gasteiger partial charge >= 0.3 is 0 Å². The molecule has 0 heterocycles. The van der Waals surface area contributed by atoms with Crippen LogP contribution in [0, 0.1) is 0 Å². The summed E-state index contributed by atoms with van der Waals surface area (Å²) in [6, 6.07) is 11.9. The average Bonchev–Trinajstić information content (AvgIpc) is 2.42. The molecule has 6 heteroatoms. The Bertz CT molecular complexity index is 689. The summed E-state index contributed by atoms with van der Waals surface area (Å²) in [5, 5.41) is 3.26. The van der Waals surface area contributed by atoms with E-state index in [-0.39, 0.29) is 21.5 Å². The Morgan fingerprint density at radius 3 is 2.40 bits per heavy atom. The molecule has 0 bridgehead atoms. The smallest absolute Gasteiger partial charge is 0.257 e. The summed E-state index contributed by atoms with van der Waals surface area (Å²) >= 11 is 16.8. The molecular weight excluding hydrogens is 315 g/mol. The molecule has 1 amide bonds. The number of carbonyl (C=O) groups is 1. The Kier molecular flexibility index (Phi) is 4.60. The van der Waals surface area contributed by atoms with Gasteiger partial charge in [0.05, 0.1) is 21.3 Å². The van der Waals surface area contributed by atoms with Crippen molar-refractivity contribution in [3.05, 3.63) is 63.6 Å². The number of hydrogen-bond acceptors (Lipinski definition) is 2. The highest BCUT2D eigenvalue weighted by Gasteiger charge is 2.14. The standard InChI is InChI=1S/C14H10Cl2N2OS/c15-10-6-3-5-9(12(10)16)14(19)18-11-7-2-1-4-8(11)13(17)20/h1-7H,(H2,17,20)(H,18,19). The second-order valence-electron chi connectivity index (χ2n) is 3.97. The number of nitrogens with two attached hydrogens (primary N) is 1. The molecule has 0 aliphatic carbocycles. The number of hydrogen-bond donors (Lipinski definition) is 2. The minimum Gasteiger partial charge on any atom is -0.389 e. The van der Waals surface area contributed by atoms with Gasteiger partial charge in [-0.1, -0.05) is 53.6 Å². The second-order valence-corrected chi connectivity index (χ2v) is 5.19. The molecule has 3 N–H and O–H groups in total. The third kappa shape index (κ3) is 3.10. The fourth-order valence-corrected chi connectivity index (χ4v) is 2.24. The summed E-state index contributed by atoms with van der Waals surface area (Å²) in [6.45, 7) is 0. The summed E-state index contributed by atoms with van der Waals surface area (Å²) in [5.74, 6) is -0.374. The highest BCUT2D eigenvalue weighted by Crippen LogP contribution is 2.26. The number of nitrogens with one attached hydrogen (secondary N) is 1. The summed E-state index contributed by atoms with van der Waals surface area (Å²) in [7, 11) is 0. The number of anilines is 1. The lowest BCUT2D eigenvalue weighted by Gasteiger charge is -2.11. The van der Waals surface area contributed by atoms with Crippen molar-refractivity contribution < 1.29 is 4.79 Å². The third-order valence-corrected chi connectivity index (χ3v) is 3.68. The molecule has 2 aromatic carbocycles. The molecule has 0 saturated heterocycles. The summed E-state index contributed by atoms with van der Waals surface area (Å²) in [6.07, 6.45) is 0. The molecule has 20 heavy (non-hydrogen) atoms. The fourth-order valence-electron chi connectivity index (χ4n) is 1.68. The van der Waals surface area contributed by atoms with Crippen LogP contribution in [0.2, 0.25) is 10.0 Å². The molecular formula is C14H10Cl2N2OS. The first kappa shape index (κ1) is 14.8. The Labute approximate surface area is 131 Å². The minimum absolute atomic E-state index is 0.207. The first-order valence-electron chi connectivity index (χ1n) is 5.65. The van der Waals surface area contributed by atoms with Crippen LogP contribution in [0.5, 0.6) is 0 Å². The van der Waals surface area contributed by atoms with Crippen LogP contribution in [0.3, 0.4) is 0 Å². The van der Waals surface area contributed by atoms with Gasteiger partial charge < -0.3 is 11.1 Å². The van der Waals surface area contributed by atoms with Gasteiger partial charge in [-0.05, 0) is 24.3 Å². The Hall–Kier alpha value is -1.62. The number of rotatable bonds is 3. The van der Waals surface area contributed by atoms with E-state index >= 15 is 0 Å². The maximum atomic E-state index is 12.2. The number of carbonyl (C=O) groups excluding carboxylic acids is 1. The largest absolute Gasteiger partial charge is 0.389 e. The van der Waals surface area contributed by atoms with E-state index < -0.39 is 0 Å². The van der Waals surface area contributed by atoms with E-state index in [1.54, 1.807) is 42.5 Å². The second kappa shape index (κ2) is 6.22. The van der Waals surface area contributed by atoms with Gasteiger partial charge in [-0.3, -0.25) is 4.79 Å². The lowest BCUT2D eigenvalue weighted by Crippen LogP contribution is -2.17. The van der Waals surface area contributed by atoms with Gasteiger partial charge in [-0.25, -0.2) is 0 Å². The van der Waals surface area contributed by atoms with Crippen LogP contribution >= 0.6 is 35.4 Å². The average molecular weight is 325 g/mol. The van der Waals surface area contributed by atoms with Crippen molar-refractivity contribution in [2.75, 3.05) is 5.32 Å². The zero-order valence-corrected chi connectivity index (χ0v) is 12.5. The molecule has 0 atom stereocenters. The minimum atomic E-state index is -0.374. The molecule has 0 spiro atoms. The SMILES string of the molecule is NC(=S)c1ccccc1NC(=O)c1cccc(Cl)c1Cl.